The Balaban J connectivity index is 1.33. The maximum Gasteiger partial charge on any atom is 0.416 e. The SMILES string of the molecule is [C-]#[N+]c1cccc(C(F)(F)F)c1-c1cc(-n2c3ccccc3c3ccc(-c4cc(C)cc(C(F)(F)F)c4)cc32)c(C#N)cc1-n1c2ccccc2c2ccc(-c3cc(C)cc(C(F)(F)F)c3)cc21. The number of hydrogen-bond acceptors (Lipinski definition) is 1. The van der Waals surface area contributed by atoms with Gasteiger partial charge in [0.15, 0.2) is 5.69 Å². The van der Waals surface area contributed by atoms with Crippen LogP contribution < -0.4 is 0 Å². The summed E-state index contributed by atoms with van der Waals surface area (Å²) in [5.41, 5.74) is 0.251. The van der Waals surface area contributed by atoms with E-state index in [9.17, 15) is 31.6 Å². The fraction of sp³-hybridized carbons (Fsp3) is 0.0909. The van der Waals surface area contributed by atoms with Crippen molar-refractivity contribution in [1.82, 2.24) is 9.13 Å². The quantitative estimate of drug-likeness (QED) is 0.125. The van der Waals surface area contributed by atoms with Gasteiger partial charge in [-0.25, -0.2) is 4.85 Å². The smallest absolute Gasteiger partial charge is 0.309 e. The van der Waals surface area contributed by atoms with Gasteiger partial charge in [-0.2, -0.15) is 44.8 Å². The van der Waals surface area contributed by atoms with Crippen LogP contribution in [-0.4, -0.2) is 9.13 Å². The summed E-state index contributed by atoms with van der Waals surface area (Å²) in [4.78, 5) is 3.57. The first kappa shape index (κ1) is 43.6. The first-order valence-electron chi connectivity index (χ1n) is 21.0. The first-order valence-corrected chi connectivity index (χ1v) is 21.0. The molecule has 0 atom stereocenters. The van der Waals surface area contributed by atoms with Crippen LogP contribution in [0.15, 0.2) is 152 Å². The number of nitriles is 1. The van der Waals surface area contributed by atoms with Gasteiger partial charge in [-0.05, 0) is 113 Å². The molecule has 13 heteroatoms. The Hall–Kier alpha value is -8.29. The molecule has 0 amide bonds. The minimum Gasteiger partial charge on any atom is -0.309 e. The number of rotatable bonds is 5. The van der Waals surface area contributed by atoms with Crippen LogP contribution in [0.5, 0.6) is 0 Å². The molecule has 0 aliphatic heterocycles. The highest BCUT2D eigenvalue weighted by Crippen LogP contribution is 2.48. The number of alkyl halides is 9. The summed E-state index contributed by atoms with van der Waals surface area (Å²) in [6.07, 6.45) is -14.3. The normalized spacial score (nSPS) is 12.3. The number of benzene rings is 8. The maximum atomic E-state index is 15.4. The number of halogens is 9. The molecule has 2 aromatic heterocycles. The molecular formula is C55H31F9N4. The van der Waals surface area contributed by atoms with Gasteiger partial charge in [0.1, 0.15) is 6.07 Å². The van der Waals surface area contributed by atoms with Gasteiger partial charge in [0, 0.05) is 27.1 Å². The Kier molecular flexibility index (Phi) is 10.0. The third kappa shape index (κ3) is 7.28. The monoisotopic (exact) mass is 918 g/mol. The van der Waals surface area contributed by atoms with Crippen molar-refractivity contribution in [2.75, 3.05) is 0 Å². The topological polar surface area (TPSA) is 38.0 Å². The number of nitrogens with zero attached hydrogens (tertiary/aromatic N) is 4. The van der Waals surface area contributed by atoms with E-state index < -0.39 is 40.8 Å². The molecule has 0 spiro atoms. The molecule has 4 nitrogen and oxygen atoms in total. The summed E-state index contributed by atoms with van der Waals surface area (Å²) in [5.74, 6) is 0. The molecule has 0 saturated heterocycles. The van der Waals surface area contributed by atoms with Crippen molar-refractivity contribution in [3.8, 4) is 50.8 Å². The zero-order chi connectivity index (χ0) is 48.0. The van der Waals surface area contributed by atoms with E-state index in [1.807, 2.05) is 6.07 Å². The fourth-order valence-electron chi connectivity index (χ4n) is 9.44. The summed E-state index contributed by atoms with van der Waals surface area (Å²) < 4.78 is 134. The van der Waals surface area contributed by atoms with Gasteiger partial charge in [0.2, 0.25) is 0 Å². The highest BCUT2D eigenvalue weighted by atomic mass is 19.4. The van der Waals surface area contributed by atoms with Crippen LogP contribution >= 0.6 is 0 Å². The van der Waals surface area contributed by atoms with Crippen molar-refractivity contribution in [3.63, 3.8) is 0 Å². The van der Waals surface area contributed by atoms with Crippen molar-refractivity contribution in [1.29, 1.82) is 5.26 Å². The third-order valence-electron chi connectivity index (χ3n) is 12.3. The van der Waals surface area contributed by atoms with Crippen LogP contribution in [-0.2, 0) is 18.5 Å². The Bertz CT molecular complexity index is 3820. The molecule has 10 rings (SSSR count). The van der Waals surface area contributed by atoms with Crippen LogP contribution in [0.1, 0.15) is 33.4 Å². The third-order valence-corrected chi connectivity index (χ3v) is 12.3. The first-order chi connectivity index (χ1) is 32.3. The lowest BCUT2D eigenvalue weighted by atomic mass is 9.93. The molecule has 0 aliphatic carbocycles. The number of aryl methyl sites for hydroxylation is 2. The minimum absolute atomic E-state index is 0.0174. The van der Waals surface area contributed by atoms with E-state index in [-0.39, 0.29) is 39.3 Å². The molecule has 2 heterocycles. The van der Waals surface area contributed by atoms with Crippen molar-refractivity contribution < 1.29 is 39.5 Å². The lowest BCUT2D eigenvalue weighted by molar-refractivity contribution is -0.138. The van der Waals surface area contributed by atoms with E-state index in [2.05, 4.69) is 10.9 Å². The molecule has 68 heavy (non-hydrogen) atoms. The highest BCUT2D eigenvalue weighted by molar-refractivity contribution is 6.12. The lowest BCUT2D eigenvalue weighted by Gasteiger charge is -2.22. The molecule has 0 saturated carbocycles. The number of para-hydroxylation sites is 2. The van der Waals surface area contributed by atoms with Crippen LogP contribution in [0.2, 0.25) is 0 Å². The lowest BCUT2D eigenvalue weighted by Crippen LogP contribution is -2.10. The van der Waals surface area contributed by atoms with E-state index in [0.29, 0.717) is 65.9 Å². The van der Waals surface area contributed by atoms with E-state index >= 15 is 13.2 Å². The Labute approximate surface area is 381 Å². The summed E-state index contributed by atoms with van der Waals surface area (Å²) in [7, 11) is 0. The van der Waals surface area contributed by atoms with Gasteiger partial charge in [0.25, 0.3) is 0 Å². The molecule has 0 fully saturated rings. The largest absolute Gasteiger partial charge is 0.416 e. The number of aromatic nitrogens is 2. The zero-order valence-electron chi connectivity index (χ0n) is 35.6. The van der Waals surface area contributed by atoms with Gasteiger partial charge in [0.05, 0.1) is 62.3 Å². The number of fused-ring (bicyclic) bond motifs is 6. The Morgan fingerprint density at radius 3 is 1.43 bits per heavy atom. The van der Waals surface area contributed by atoms with Gasteiger partial charge in [-0.15, -0.1) is 0 Å². The molecule has 334 valence electrons. The summed E-state index contributed by atoms with van der Waals surface area (Å²) >= 11 is 0. The standard InChI is InChI=1S/C55H31F9N4/c1-30-19-34(23-37(21-30)53(56,57)58)32-15-17-41-39-9-4-6-13-46(39)67(49(41)25-32)48-28-43(52-44(55(62,63)64)11-8-12-45(52)66-3)51(27-36(48)29-65)68-47-14-7-5-10-40(47)42-18-16-33(26-50(42)68)35-20-31(2)22-38(24-35)54(59,60)61/h4-28H,1-2H3. The average molecular weight is 919 g/mol. The Morgan fingerprint density at radius 2 is 0.956 bits per heavy atom. The molecule has 8 aromatic carbocycles. The molecule has 10 aromatic rings. The van der Waals surface area contributed by atoms with Crippen LogP contribution in [0.4, 0.5) is 45.2 Å². The van der Waals surface area contributed by atoms with E-state index in [1.165, 1.54) is 18.2 Å². The van der Waals surface area contributed by atoms with Crippen LogP contribution in [0, 0.1) is 31.8 Å². The van der Waals surface area contributed by atoms with Crippen molar-refractivity contribution in [2.45, 2.75) is 32.4 Å². The highest BCUT2D eigenvalue weighted by Gasteiger charge is 2.37. The van der Waals surface area contributed by atoms with E-state index in [4.69, 9.17) is 6.57 Å². The zero-order valence-corrected chi connectivity index (χ0v) is 35.6. The second kappa shape index (κ2) is 15.7. The predicted octanol–water partition coefficient (Wildman–Crippen LogP) is 17.0. The van der Waals surface area contributed by atoms with Crippen LogP contribution in [0.25, 0.3) is 93.2 Å². The van der Waals surface area contributed by atoms with Gasteiger partial charge < -0.3 is 9.13 Å². The van der Waals surface area contributed by atoms with Gasteiger partial charge in [-0.1, -0.05) is 91.0 Å². The van der Waals surface area contributed by atoms with Gasteiger partial charge in [-0.3, -0.25) is 0 Å². The van der Waals surface area contributed by atoms with Crippen molar-refractivity contribution in [3.05, 3.63) is 196 Å². The molecule has 0 radical (unpaired) electrons. The minimum atomic E-state index is -4.98. The summed E-state index contributed by atoms with van der Waals surface area (Å²) in [6, 6.07) is 40.1. The maximum absolute atomic E-state index is 15.4. The summed E-state index contributed by atoms with van der Waals surface area (Å²) in [5, 5.41) is 13.7. The molecular weight excluding hydrogens is 888 g/mol. The van der Waals surface area contributed by atoms with Gasteiger partial charge >= 0.3 is 18.5 Å². The average Bonchev–Trinajstić information content (AvgIpc) is 3.81. The molecule has 0 bridgehead atoms. The predicted molar refractivity (Wildman–Crippen MR) is 247 cm³/mol. The van der Waals surface area contributed by atoms with Crippen LogP contribution in [0.3, 0.4) is 0 Å². The van der Waals surface area contributed by atoms with Crippen molar-refractivity contribution >= 4 is 49.3 Å². The number of hydrogen-bond donors (Lipinski definition) is 0. The molecule has 0 aliphatic rings. The second-order valence-corrected chi connectivity index (χ2v) is 16.6. The second-order valence-electron chi connectivity index (χ2n) is 16.6. The summed E-state index contributed by atoms with van der Waals surface area (Å²) in [6.45, 7) is 11.2. The van der Waals surface area contributed by atoms with E-state index in [1.54, 1.807) is 114 Å². The van der Waals surface area contributed by atoms with Crippen molar-refractivity contribution in [2.24, 2.45) is 0 Å². The molecule has 0 unspecified atom stereocenters. The Morgan fingerprint density at radius 1 is 0.471 bits per heavy atom. The molecule has 0 N–H and O–H groups in total. The fourth-order valence-corrected chi connectivity index (χ4v) is 9.44. The van der Waals surface area contributed by atoms with E-state index in [0.717, 1.165) is 36.4 Å².